The fourth-order valence-corrected chi connectivity index (χ4v) is 3.38. The predicted molar refractivity (Wildman–Crippen MR) is 94.1 cm³/mol. The third-order valence-corrected chi connectivity index (χ3v) is 5.21. The van der Waals surface area contributed by atoms with Crippen molar-refractivity contribution in [2.45, 2.75) is 11.4 Å². The zero-order chi connectivity index (χ0) is 18.3. The second-order valence-electron chi connectivity index (χ2n) is 5.96. The van der Waals surface area contributed by atoms with Crippen LogP contribution in [0.5, 0.6) is 0 Å². The summed E-state index contributed by atoms with van der Waals surface area (Å²) in [5, 5.41) is 7.21. The number of carbonyl (C=O) groups excluding carboxylic acids is 1. The number of nitrogens with one attached hydrogen (secondary N) is 1. The molecule has 1 aromatic carbocycles. The van der Waals surface area contributed by atoms with Crippen molar-refractivity contribution in [2.24, 2.45) is 0 Å². The van der Waals surface area contributed by atoms with Gasteiger partial charge in [0.2, 0.25) is 0 Å². The van der Waals surface area contributed by atoms with Crippen molar-refractivity contribution in [1.82, 2.24) is 25.1 Å². The lowest BCUT2D eigenvalue weighted by molar-refractivity contribution is 0.0924. The standard InChI is InChI=1S/C17H15N5O3S/c1-26(24,25)12-4-2-11(3-5-12)16-18-7-6-13(20-16)14-10-15-17(23)19-8-9-22(15)21-14/h2-7,10H,8-9H2,1H3,(H,19,23). The van der Waals surface area contributed by atoms with Gasteiger partial charge in [-0.05, 0) is 36.4 Å². The van der Waals surface area contributed by atoms with Gasteiger partial charge in [0, 0.05) is 24.6 Å². The Labute approximate surface area is 149 Å². The van der Waals surface area contributed by atoms with E-state index in [1.54, 1.807) is 35.1 Å². The molecule has 1 aliphatic heterocycles. The van der Waals surface area contributed by atoms with Crippen LogP contribution < -0.4 is 5.32 Å². The van der Waals surface area contributed by atoms with Gasteiger partial charge in [0.05, 0.1) is 17.1 Å². The van der Waals surface area contributed by atoms with Crippen LogP contribution in [0.2, 0.25) is 0 Å². The van der Waals surface area contributed by atoms with E-state index in [0.717, 1.165) is 6.26 Å². The highest BCUT2D eigenvalue weighted by Crippen LogP contribution is 2.22. The number of benzene rings is 1. The average Bonchev–Trinajstić information content (AvgIpc) is 3.07. The lowest BCUT2D eigenvalue weighted by atomic mass is 10.2. The van der Waals surface area contributed by atoms with E-state index in [4.69, 9.17) is 0 Å². The van der Waals surface area contributed by atoms with Crippen molar-refractivity contribution >= 4 is 15.7 Å². The largest absolute Gasteiger partial charge is 0.349 e. The summed E-state index contributed by atoms with van der Waals surface area (Å²) in [6, 6.07) is 9.82. The molecule has 0 atom stereocenters. The molecule has 0 unspecified atom stereocenters. The molecular formula is C17H15N5O3S. The second-order valence-corrected chi connectivity index (χ2v) is 7.97. The molecule has 4 rings (SSSR count). The van der Waals surface area contributed by atoms with Gasteiger partial charge in [-0.3, -0.25) is 9.48 Å². The van der Waals surface area contributed by atoms with E-state index in [-0.39, 0.29) is 10.8 Å². The van der Waals surface area contributed by atoms with Crippen molar-refractivity contribution < 1.29 is 13.2 Å². The highest BCUT2D eigenvalue weighted by molar-refractivity contribution is 7.90. The molecule has 0 aliphatic carbocycles. The van der Waals surface area contributed by atoms with Crippen molar-refractivity contribution in [3.8, 4) is 22.8 Å². The molecule has 0 fully saturated rings. The molecule has 1 aliphatic rings. The quantitative estimate of drug-likeness (QED) is 0.742. The van der Waals surface area contributed by atoms with Gasteiger partial charge < -0.3 is 5.32 Å². The Bertz CT molecular complexity index is 1100. The highest BCUT2D eigenvalue weighted by Gasteiger charge is 2.20. The predicted octanol–water partition coefficient (Wildman–Crippen LogP) is 1.15. The van der Waals surface area contributed by atoms with E-state index in [0.29, 0.717) is 41.6 Å². The highest BCUT2D eigenvalue weighted by atomic mass is 32.2. The molecule has 26 heavy (non-hydrogen) atoms. The molecule has 0 bridgehead atoms. The third-order valence-electron chi connectivity index (χ3n) is 4.08. The fraction of sp³-hybridized carbons (Fsp3) is 0.176. The first-order valence-corrected chi connectivity index (χ1v) is 9.81. The first-order valence-electron chi connectivity index (χ1n) is 7.92. The number of rotatable bonds is 3. The molecule has 8 nitrogen and oxygen atoms in total. The van der Waals surface area contributed by atoms with E-state index >= 15 is 0 Å². The lowest BCUT2D eigenvalue weighted by Gasteiger charge is -2.13. The summed E-state index contributed by atoms with van der Waals surface area (Å²) in [6.07, 6.45) is 2.77. The van der Waals surface area contributed by atoms with Crippen molar-refractivity contribution in [1.29, 1.82) is 0 Å². The number of aromatic nitrogens is 4. The number of nitrogens with zero attached hydrogens (tertiary/aromatic N) is 4. The molecule has 132 valence electrons. The minimum absolute atomic E-state index is 0.152. The van der Waals surface area contributed by atoms with Gasteiger partial charge in [-0.25, -0.2) is 18.4 Å². The van der Waals surface area contributed by atoms with Crippen molar-refractivity contribution in [3.63, 3.8) is 0 Å². The van der Waals surface area contributed by atoms with Crippen molar-refractivity contribution in [3.05, 3.63) is 48.3 Å². The van der Waals surface area contributed by atoms with Crippen molar-refractivity contribution in [2.75, 3.05) is 12.8 Å². The molecule has 0 saturated carbocycles. The van der Waals surface area contributed by atoms with Crippen LogP contribution in [-0.2, 0) is 16.4 Å². The van der Waals surface area contributed by atoms with E-state index in [1.165, 1.54) is 12.1 Å². The first kappa shape index (κ1) is 16.4. The van der Waals surface area contributed by atoms with Crippen LogP contribution in [0.3, 0.4) is 0 Å². The summed E-state index contributed by atoms with van der Waals surface area (Å²) < 4.78 is 24.8. The van der Waals surface area contributed by atoms with E-state index in [2.05, 4.69) is 20.4 Å². The Kier molecular flexibility index (Phi) is 3.80. The molecule has 0 spiro atoms. The maximum absolute atomic E-state index is 11.9. The summed E-state index contributed by atoms with van der Waals surface area (Å²) in [5.41, 5.74) is 2.38. The Hall–Kier alpha value is -3.07. The molecule has 0 radical (unpaired) electrons. The Morgan fingerprint density at radius 3 is 2.58 bits per heavy atom. The van der Waals surface area contributed by atoms with E-state index < -0.39 is 9.84 Å². The fourth-order valence-electron chi connectivity index (χ4n) is 2.75. The third kappa shape index (κ3) is 2.97. The summed E-state index contributed by atoms with van der Waals surface area (Å²) in [7, 11) is -3.25. The number of carbonyl (C=O) groups is 1. The summed E-state index contributed by atoms with van der Waals surface area (Å²) in [6.45, 7) is 1.17. The number of hydrogen-bond acceptors (Lipinski definition) is 6. The van der Waals surface area contributed by atoms with Gasteiger partial charge >= 0.3 is 0 Å². The van der Waals surface area contributed by atoms with Gasteiger partial charge in [0.1, 0.15) is 11.4 Å². The van der Waals surface area contributed by atoms with Crippen LogP contribution in [0.4, 0.5) is 0 Å². The smallest absolute Gasteiger partial charge is 0.269 e. The average molecular weight is 369 g/mol. The molecule has 3 aromatic rings. The number of hydrogen-bond donors (Lipinski definition) is 1. The van der Waals surface area contributed by atoms with Gasteiger partial charge in [-0.15, -0.1) is 0 Å². The number of sulfone groups is 1. The molecule has 3 heterocycles. The summed E-state index contributed by atoms with van der Waals surface area (Å²) >= 11 is 0. The Balaban J connectivity index is 1.70. The summed E-state index contributed by atoms with van der Waals surface area (Å²) in [4.78, 5) is 20.9. The lowest BCUT2D eigenvalue weighted by Crippen LogP contribution is -2.35. The van der Waals surface area contributed by atoms with Crippen LogP contribution in [0.25, 0.3) is 22.8 Å². The van der Waals surface area contributed by atoms with Gasteiger partial charge in [-0.1, -0.05) is 0 Å². The molecule has 1 amide bonds. The van der Waals surface area contributed by atoms with Crippen LogP contribution in [0.1, 0.15) is 10.5 Å². The van der Waals surface area contributed by atoms with Gasteiger partial charge in [0.25, 0.3) is 5.91 Å². The summed E-state index contributed by atoms with van der Waals surface area (Å²) in [5.74, 6) is 0.304. The maximum atomic E-state index is 11.9. The van der Waals surface area contributed by atoms with Gasteiger partial charge in [0.15, 0.2) is 15.7 Å². The zero-order valence-corrected chi connectivity index (χ0v) is 14.7. The number of fused-ring (bicyclic) bond motifs is 1. The molecule has 0 saturated heterocycles. The van der Waals surface area contributed by atoms with Gasteiger partial charge in [-0.2, -0.15) is 5.10 Å². The van der Waals surface area contributed by atoms with Crippen LogP contribution in [0.15, 0.2) is 47.5 Å². The minimum Gasteiger partial charge on any atom is -0.349 e. The van der Waals surface area contributed by atoms with Crippen LogP contribution >= 0.6 is 0 Å². The minimum atomic E-state index is -3.25. The zero-order valence-electron chi connectivity index (χ0n) is 13.9. The van der Waals surface area contributed by atoms with E-state index in [9.17, 15) is 13.2 Å². The Morgan fingerprint density at radius 1 is 1.12 bits per heavy atom. The van der Waals surface area contributed by atoms with Crippen LogP contribution in [0, 0.1) is 0 Å². The SMILES string of the molecule is CS(=O)(=O)c1ccc(-c2nccc(-c3cc4n(n3)CCNC4=O)n2)cc1. The first-order chi connectivity index (χ1) is 12.4. The topological polar surface area (TPSA) is 107 Å². The van der Waals surface area contributed by atoms with E-state index in [1.807, 2.05) is 0 Å². The monoisotopic (exact) mass is 369 g/mol. The Morgan fingerprint density at radius 2 is 1.88 bits per heavy atom. The molecular weight excluding hydrogens is 354 g/mol. The second kappa shape index (κ2) is 6.03. The molecule has 1 N–H and O–H groups in total. The maximum Gasteiger partial charge on any atom is 0.269 e. The van der Waals surface area contributed by atoms with Crippen LogP contribution in [-0.4, -0.2) is 46.9 Å². The number of amides is 1. The molecule has 2 aromatic heterocycles. The molecule has 9 heteroatoms. The normalized spacial score (nSPS) is 14.0.